The number of anilines is 1. The molecular formula is C16H13N7. The van der Waals surface area contributed by atoms with E-state index in [1.54, 1.807) is 24.8 Å². The lowest BCUT2D eigenvalue weighted by atomic mass is 10.2. The second kappa shape index (κ2) is 5.13. The Morgan fingerprint density at radius 1 is 0.957 bits per heavy atom. The number of nitrogen functional groups attached to an aromatic ring is 1. The molecule has 0 aliphatic rings. The van der Waals surface area contributed by atoms with Gasteiger partial charge < -0.3 is 10.1 Å². The van der Waals surface area contributed by atoms with Gasteiger partial charge in [-0.3, -0.25) is 4.98 Å². The number of fused-ring (bicyclic) bond motifs is 1. The van der Waals surface area contributed by atoms with Gasteiger partial charge in [0.25, 0.3) is 0 Å². The highest BCUT2D eigenvalue weighted by Gasteiger charge is 2.12. The highest BCUT2D eigenvalue weighted by molar-refractivity contribution is 5.76. The Morgan fingerprint density at radius 3 is 2.43 bits per heavy atom. The Bertz CT molecular complexity index is 975. The number of rotatable bonds is 2. The van der Waals surface area contributed by atoms with Gasteiger partial charge in [0.05, 0.1) is 11.4 Å². The van der Waals surface area contributed by atoms with Gasteiger partial charge in [-0.15, -0.1) is 0 Å². The van der Waals surface area contributed by atoms with Crippen LogP contribution in [-0.2, 0) is 0 Å². The van der Waals surface area contributed by atoms with Crippen LogP contribution in [0.3, 0.4) is 0 Å². The first-order chi connectivity index (χ1) is 11.2. The first-order valence-electron chi connectivity index (χ1n) is 7.05. The molecule has 0 fully saturated rings. The van der Waals surface area contributed by atoms with Crippen molar-refractivity contribution in [1.29, 1.82) is 0 Å². The zero-order valence-electron chi connectivity index (χ0n) is 12.4. The average molecular weight is 303 g/mol. The first kappa shape index (κ1) is 13.3. The lowest BCUT2D eigenvalue weighted by Gasteiger charge is -2.07. The molecule has 7 nitrogen and oxygen atoms in total. The van der Waals surface area contributed by atoms with Crippen LogP contribution in [0.25, 0.3) is 28.2 Å². The third kappa shape index (κ3) is 2.38. The van der Waals surface area contributed by atoms with E-state index < -0.39 is 0 Å². The van der Waals surface area contributed by atoms with Crippen molar-refractivity contribution >= 4 is 11.6 Å². The molecule has 0 atom stereocenters. The van der Waals surface area contributed by atoms with E-state index in [1.165, 1.54) is 0 Å². The second-order valence-electron chi connectivity index (χ2n) is 5.15. The summed E-state index contributed by atoms with van der Waals surface area (Å²) in [4.78, 5) is 21.4. The fourth-order valence-corrected chi connectivity index (χ4v) is 2.43. The predicted octanol–water partition coefficient (Wildman–Crippen LogP) is 2.14. The van der Waals surface area contributed by atoms with Crippen molar-refractivity contribution in [2.24, 2.45) is 0 Å². The Balaban J connectivity index is 1.98. The SMILES string of the molecule is Cc1cn2cc(-c3cnc(N)nc3)nc(-c3ccncc3)c2n1. The predicted molar refractivity (Wildman–Crippen MR) is 86.4 cm³/mol. The molecule has 23 heavy (non-hydrogen) atoms. The van der Waals surface area contributed by atoms with Crippen molar-refractivity contribution < 1.29 is 0 Å². The van der Waals surface area contributed by atoms with E-state index in [9.17, 15) is 0 Å². The molecule has 4 heterocycles. The van der Waals surface area contributed by atoms with E-state index in [0.29, 0.717) is 0 Å². The number of imidazole rings is 1. The van der Waals surface area contributed by atoms with Crippen molar-refractivity contribution in [3.8, 4) is 22.5 Å². The fraction of sp³-hybridized carbons (Fsp3) is 0.0625. The van der Waals surface area contributed by atoms with Gasteiger partial charge >= 0.3 is 0 Å². The van der Waals surface area contributed by atoms with Crippen LogP contribution in [0.4, 0.5) is 5.95 Å². The molecule has 0 aliphatic carbocycles. The van der Waals surface area contributed by atoms with Crippen LogP contribution in [0.1, 0.15) is 5.69 Å². The van der Waals surface area contributed by atoms with Crippen LogP contribution < -0.4 is 5.73 Å². The van der Waals surface area contributed by atoms with Crippen LogP contribution in [0.2, 0.25) is 0 Å². The molecule has 4 aromatic rings. The summed E-state index contributed by atoms with van der Waals surface area (Å²) in [5, 5.41) is 0. The molecule has 0 amide bonds. The summed E-state index contributed by atoms with van der Waals surface area (Å²) in [5.41, 5.74) is 10.6. The Kier molecular flexibility index (Phi) is 2.97. The zero-order valence-corrected chi connectivity index (χ0v) is 12.4. The molecule has 0 aliphatic heterocycles. The molecule has 2 N–H and O–H groups in total. The van der Waals surface area contributed by atoms with Crippen molar-refractivity contribution in [3.63, 3.8) is 0 Å². The molecule has 4 aromatic heterocycles. The molecule has 0 bridgehead atoms. The van der Waals surface area contributed by atoms with Crippen LogP contribution in [0, 0.1) is 6.92 Å². The molecule has 0 unspecified atom stereocenters. The van der Waals surface area contributed by atoms with Crippen molar-refractivity contribution in [2.45, 2.75) is 6.92 Å². The van der Waals surface area contributed by atoms with E-state index in [-0.39, 0.29) is 5.95 Å². The Labute approximate surface area is 131 Å². The number of pyridine rings is 1. The topological polar surface area (TPSA) is 94.9 Å². The summed E-state index contributed by atoms with van der Waals surface area (Å²) in [6.45, 7) is 1.95. The molecular weight excluding hydrogens is 290 g/mol. The Morgan fingerprint density at radius 2 is 1.70 bits per heavy atom. The summed E-state index contributed by atoms with van der Waals surface area (Å²) < 4.78 is 1.96. The molecule has 0 saturated carbocycles. The number of aryl methyl sites for hydroxylation is 1. The van der Waals surface area contributed by atoms with Gasteiger partial charge in [-0.1, -0.05) is 0 Å². The van der Waals surface area contributed by atoms with Gasteiger partial charge in [-0.25, -0.2) is 19.9 Å². The molecule has 0 radical (unpaired) electrons. The van der Waals surface area contributed by atoms with E-state index in [2.05, 4.69) is 19.9 Å². The highest BCUT2D eigenvalue weighted by atomic mass is 15.0. The molecule has 4 rings (SSSR count). The minimum Gasteiger partial charge on any atom is -0.368 e. The zero-order chi connectivity index (χ0) is 15.8. The summed E-state index contributed by atoms with van der Waals surface area (Å²) >= 11 is 0. The van der Waals surface area contributed by atoms with Crippen LogP contribution in [0.5, 0.6) is 0 Å². The maximum Gasteiger partial charge on any atom is 0.219 e. The molecule has 0 aromatic carbocycles. The Hall–Kier alpha value is -3.35. The number of aromatic nitrogens is 6. The van der Waals surface area contributed by atoms with Gasteiger partial charge in [0.1, 0.15) is 5.69 Å². The van der Waals surface area contributed by atoms with Gasteiger partial charge in [-0.05, 0) is 19.1 Å². The minimum atomic E-state index is 0.239. The lowest BCUT2D eigenvalue weighted by molar-refractivity contribution is 1.12. The standard InChI is InChI=1S/C16H13N7/c1-10-8-23-9-13(12-6-19-16(17)20-7-12)22-14(15(23)21-10)11-2-4-18-5-3-11/h2-9H,1H3,(H2,17,19,20). The second-order valence-corrected chi connectivity index (χ2v) is 5.15. The smallest absolute Gasteiger partial charge is 0.219 e. The van der Waals surface area contributed by atoms with Crippen molar-refractivity contribution in [3.05, 3.63) is 55.0 Å². The highest BCUT2D eigenvalue weighted by Crippen LogP contribution is 2.26. The van der Waals surface area contributed by atoms with Crippen LogP contribution in [-0.4, -0.2) is 29.3 Å². The molecule has 112 valence electrons. The van der Waals surface area contributed by atoms with E-state index >= 15 is 0 Å². The van der Waals surface area contributed by atoms with Gasteiger partial charge in [0.2, 0.25) is 5.95 Å². The molecule has 0 spiro atoms. The third-order valence-corrected chi connectivity index (χ3v) is 3.48. The normalized spacial score (nSPS) is 11.0. The van der Waals surface area contributed by atoms with Crippen LogP contribution in [0.15, 0.2) is 49.3 Å². The third-order valence-electron chi connectivity index (χ3n) is 3.48. The monoisotopic (exact) mass is 303 g/mol. The summed E-state index contributed by atoms with van der Waals surface area (Å²) in [5.74, 6) is 0.239. The molecule has 0 saturated heterocycles. The summed E-state index contributed by atoms with van der Waals surface area (Å²) in [6, 6.07) is 3.82. The maximum atomic E-state index is 5.55. The average Bonchev–Trinajstić information content (AvgIpc) is 2.95. The van der Waals surface area contributed by atoms with Crippen molar-refractivity contribution in [2.75, 3.05) is 5.73 Å². The maximum absolute atomic E-state index is 5.55. The lowest BCUT2D eigenvalue weighted by Crippen LogP contribution is -1.98. The number of hydrogen-bond donors (Lipinski definition) is 1. The van der Waals surface area contributed by atoms with E-state index in [0.717, 1.165) is 33.9 Å². The van der Waals surface area contributed by atoms with Gasteiger partial charge in [-0.2, -0.15) is 0 Å². The number of nitrogens with two attached hydrogens (primary N) is 1. The summed E-state index contributed by atoms with van der Waals surface area (Å²) in [7, 11) is 0. The van der Waals surface area contributed by atoms with Gasteiger partial charge in [0.15, 0.2) is 5.65 Å². The summed E-state index contributed by atoms with van der Waals surface area (Å²) in [6.07, 6.45) is 10.7. The quantitative estimate of drug-likeness (QED) is 0.609. The van der Waals surface area contributed by atoms with E-state index in [1.807, 2.05) is 35.9 Å². The minimum absolute atomic E-state index is 0.239. The number of hydrogen-bond acceptors (Lipinski definition) is 6. The molecule has 7 heteroatoms. The van der Waals surface area contributed by atoms with Crippen molar-refractivity contribution in [1.82, 2.24) is 29.3 Å². The first-order valence-corrected chi connectivity index (χ1v) is 7.05. The number of nitrogens with zero attached hydrogens (tertiary/aromatic N) is 6. The van der Waals surface area contributed by atoms with Gasteiger partial charge in [0, 0.05) is 48.3 Å². The van der Waals surface area contributed by atoms with E-state index in [4.69, 9.17) is 10.7 Å². The van der Waals surface area contributed by atoms with Crippen LogP contribution >= 0.6 is 0 Å². The largest absolute Gasteiger partial charge is 0.368 e. The fourth-order valence-electron chi connectivity index (χ4n) is 2.43.